The Labute approximate surface area is 131 Å². The molecule has 1 N–H and O–H groups in total. The summed E-state index contributed by atoms with van der Waals surface area (Å²) in [5.41, 5.74) is 8.76. The number of aryl methyl sites for hydroxylation is 3. The molecule has 0 fully saturated rings. The first kappa shape index (κ1) is 13.3. The minimum Gasteiger partial charge on any atom is -0.355 e. The average Bonchev–Trinajstić information content (AvgIpc) is 2.94. The average molecular weight is 288 g/mol. The maximum atomic E-state index is 4.85. The Bertz CT molecular complexity index is 845. The van der Waals surface area contributed by atoms with Crippen LogP contribution in [0.3, 0.4) is 0 Å². The van der Waals surface area contributed by atoms with E-state index in [1.807, 2.05) is 0 Å². The van der Waals surface area contributed by atoms with Crippen LogP contribution in [-0.2, 0) is 12.8 Å². The molecule has 1 aromatic heterocycles. The molecule has 2 aromatic carbocycles. The van der Waals surface area contributed by atoms with Gasteiger partial charge in [0, 0.05) is 16.8 Å². The zero-order valence-electron chi connectivity index (χ0n) is 13.1. The topological polar surface area (TPSA) is 24.9 Å². The number of aromatic nitrogens is 1. The van der Waals surface area contributed by atoms with Crippen molar-refractivity contribution in [1.82, 2.24) is 4.98 Å². The summed E-state index contributed by atoms with van der Waals surface area (Å²) in [4.78, 5) is 4.85. The lowest BCUT2D eigenvalue weighted by Crippen LogP contribution is -2.00. The van der Waals surface area contributed by atoms with Crippen LogP contribution in [0.5, 0.6) is 0 Å². The van der Waals surface area contributed by atoms with Crippen molar-refractivity contribution < 1.29 is 0 Å². The lowest BCUT2D eigenvalue weighted by atomic mass is 10.1. The number of hydrogen-bond donors (Lipinski definition) is 1. The van der Waals surface area contributed by atoms with Crippen LogP contribution in [0.2, 0.25) is 0 Å². The van der Waals surface area contributed by atoms with E-state index in [2.05, 4.69) is 61.6 Å². The highest BCUT2D eigenvalue weighted by atomic mass is 14.9. The van der Waals surface area contributed by atoms with E-state index in [-0.39, 0.29) is 0 Å². The molecule has 2 heteroatoms. The second-order valence-corrected chi connectivity index (χ2v) is 6.28. The van der Waals surface area contributed by atoms with Gasteiger partial charge in [-0.15, -0.1) is 0 Å². The van der Waals surface area contributed by atoms with Gasteiger partial charge in [-0.05, 0) is 68.0 Å². The first-order valence-corrected chi connectivity index (χ1v) is 7.96. The van der Waals surface area contributed by atoms with Gasteiger partial charge in [0.2, 0.25) is 0 Å². The number of benzene rings is 2. The normalized spacial score (nSPS) is 13.4. The Kier molecular flexibility index (Phi) is 3.11. The van der Waals surface area contributed by atoms with Crippen molar-refractivity contribution in [2.45, 2.75) is 33.1 Å². The van der Waals surface area contributed by atoms with Crippen molar-refractivity contribution >= 4 is 22.3 Å². The second kappa shape index (κ2) is 5.13. The molecule has 0 unspecified atom stereocenters. The third-order valence-electron chi connectivity index (χ3n) is 4.41. The monoisotopic (exact) mass is 288 g/mol. The third kappa shape index (κ3) is 2.25. The van der Waals surface area contributed by atoms with Crippen LogP contribution in [0, 0.1) is 13.8 Å². The summed E-state index contributed by atoms with van der Waals surface area (Å²) in [6.45, 7) is 4.29. The number of rotatable bonds is 2. The summed E-state index contributed by atoms with van der Waals surface area (Å²) in [5.74, 6) is 0. The van der Waals surface area contributed by atoms with E-state index < -0.39 is 0 Å². The summed E-state index contributed by atoms with van der Waals surface area (Å²) in [6.07, 6.45) is 3.43. The number of nitrogens with one attached hydrogen (secondary N) is 1. The molecule has 1 heterocycles. The smallest absolute Gasteiger partial charge is 0.0726 e. The second-order valence-electron chi connectivity index (χ2n) is 6.28. The van der Waals surface area contributed by atoms with Gasteiger partial charge < -0.3 is 5.32 Å². The van der Waals surface area contributed by atoms with Gasteiger partial charge in [0.15, 0.2) is 0 Å². The predicted octanol–water partition coefficient (Wildman–Crippen LogP) is 5.08. The van der Waals surface area contributed by atoms with Gasteiger partial charge in [-0.2, -0.15) is 0 Å². The molecule has 0 aliphatic heterocycles. The quantitative estimate of drug-likeness (QED) is 0.711. The Morgan fingerprint density at radius 2 is 1.73 bits per heavy atom. The van der Waals surface area contributed by atoms with Crippen LogP contribution >= 0.6 is 0 Å². The van der Waals surface area contributed by atoms with E-state index in [0.717, 1.165) is 18.4 Å². The van der Waals surface area contributed by atoms with Gasteiger partial charge in [-0.3, -0.25) is 4.98 Å². The molecular formula is C20H20N2. The molecule has 0 bridgehead atoms. The standard InChI is InChI=1S/C20H20N2/c1-13-10-14(2)12-15(11-13)21-20-16-6-3-4-8-18(16)22-19-9-5-7-17(19)20/h3-4,6,8,10-12H,5,7,9H2,1-2H3,(H,21,22). The van der Waals surface area contributed by atoms with Crippen molar-refractivity contribution in [1.29, 1.82) is 0 Å². The summed E-state index contributed by atoms with van der Waals surface area (Å²) < 4.78 is 0. The molecule has 0 radical (unpaired) electrons. The molecule has 4 rings (SSSR count). The highest BCUT2D eigenvalue weighted by molar-refractivity contribution is 5.95. The predicted molar refractivity (Wildman–Crippen MR) is 93.0 cm³/mol. The Morgan fingerprint density at radius 3 is 2.55 bits per heavy atom. The molecular weight excluding hydrogens is 268 g/mol. The molecule has 0 amide bonds. The number of para-hydroxylation sites is 1. The molecule has 3 aromatic rings. The van der Waals surface area contributed by atoms with Gasteiger partial charge in [-0.1, -0.05) is 24.3 Å². The summed E-state index contributed by atoms with van der Waals surface area (Å²) >= 11 is 0. The van der Waals surface area contributed by atoms with Gasteiger partial charge in [0.25, 0.3) is 0 Å². The van der Waals surface area contributed by atoms with Gasteiger partial charge in [0.1, 0.15) is 0 Å². The number of nitrogens with zero attached hydrogens (tertiary/aromatic N) is 1. The zero-order valence-corrected chi connectivity index (χ0v) is 13.1. The largest absolute Gasteiger partial charge is 0.355 e. The fraction of sp³-hybridized carbons (Fsp3) is 0.250. The number of anilines is 2. The van der Waals surface area contributed by atoms with Gasteiger partial charge >= 0.3 is 0 Å². The minimum atomic E-state index is 1.09. The van der Waals surface area contributed by atoms with Crippen LogP contribution in [0.25, 0.3) is 10.9 Å². The van der Waals surface area contributed by atoms with Gasteiger partial charge in [-0.25, -0.2) is 0 Å². The van der Waals surface area contributed by atoms with E-state index in [1.54, 1.807) is 0 Å². The van der Waals surface area contributed by atoms with Crippen LogP contribution in [0.1, 0.15) is 28.8 Å². The highest BCUT2D eigenvalue weighted by Crippen LogP contribution is 2.36. The molecule has 0 spiro atoms. The van der Waals surface area contributed by atoms with Crippen LogP contribution in [-0.4, -0.2) is 4.98 Å². The van der Waals surface area contributed by atoms with Crippen LogP contribution in [0.4, 0.5) is 11.4 Å². The first-order valence-electron chi connectivity index (χ1n) is 7.96. The Morgan fingerprint density at radius 1 is 0.955 bits per heavy atom. The van der Waals surface area contributed by atoms with Crippen LogP contribution in [0.15, 0.2) is 42.5 Å². The van der Waals surface area contributed by atoms with E-state index in [1.165, 1.54) is 45.6 Å². The van der Waals surface area contributed by atoms with E-state index in [4.69, 9.17) is 4.98 Å². The molecule has 2 nitrogen and oxygen atoms in total. The molecule has 0 atom stereocenters. The lowest BCUT2D eigenvalue weighted by molar-refractivity contribution is 0.901. The summed E-state index contributed by atoms with van der Waals surface area (Å²) in [6, 6.07) is 15.1. The molecule has 0 saturated heterocycles. The van der Waals surface area contributed by atoms with Crippen molar-refractivity contribution in [2.24, 2.45) is 0 Å². The summed E-state index contributed by atoms with van der Waals surface area (Å²) in [7, 11) is 0. The molecule has 110 valence electrons. The SMILES string of the molecule is Cc1cc(C)cc(Nc2c3c(nc4ccccc24)CCC3)c1. The number of fused-ring (bicyclic) bond motifs is 2. The van der Waals surface area contributed by atoms with Crippen molar-refractivity contribution in [3.63, 3.8) is 0 Å². The molecule has 22 heavy (non-hydrogen) atoms. The van der Waals surface area contributed by atoms with Crippen LogP contribution < -0.4 is 5.32 Å². The van der Waals surface area contributed by atoms with Crippen molar-refractivity contribution in [2.75, 3.05) is 5.32 Å². The van der Waals surface area contributed by atoms with Crippen molar-refractivity contribution in [3.8, 4) is 0 Å². The fourth-order valence-corrected chi connectivity index (χ4v) is 3.54. The zero-order chi connectivity index (χ0) is 15.1. The van der Waals surface area contributed by atoms with E-state index in [0.29, 0.717) is 0 Å². The maximum Gasteiger partial charge on any atom is 0.0726 e. The fourth-order valence-electron chi connectivity index (χ4n) is 3.54. The summed E-state index contributed by atoms with van der Waals surface area (Å²) in [5, 5.41) is 4.91. The number of pyridine rings is 1. The highest BCUT2D eigenvalue weighted by Gasteiger charge is 2.19. The molecule has 1 aliphatic carbocycles. The van der Waals surface area contributed by atoms with E-state index >= 15 is 0 Å². The third-order valence-corrected chi connectivity index (χ3v) is 4.41. The maximum absolute atomic E-state index is 4.85. The Balaban J connectivity index is 1.90. The van der Waals surface area contributed by atoms with Gasteiger partial charge in [0.05, 0.1) is 11.2 Å². The van der Waals surface area contributed by atoms with E-state index in [9.17, 15) is 0 Å². The van der Waals surface area contributed by atoms with Crippen molar-refractivity contribution in [3.05, 3.63) is 64.8 Å². The minimum absolute atomic E-state index is 1.09. The molecule has 0 saturated carbocycles. The molecule has 1 aliphatic rings. The first-order chi connectivity index (χ1) is 10.7. The Hall–Kier alpha value is -2.35. The lowest BCUT2D eigenvalue weighted by Gasteiger charge is -2.15. The number of hydrogen-bond acceptors (Lipinski definition) is 2.